The first-order valence-corrected chi connectivity index (χ1v) is 13.9. The summed E-state index contributed by atoms with van der Waals surface area (Å²) in [5.74, 6) is -0.160. The van der Waals surface area contributed by atoms with Crippen LogP contribution in [0.2, 0.25) is 0 Å². The van der Waals surface area contributed by atoms with Crippen molar-refractivity contribution in [1.29, 1.82) is 0 Å². The van der Waals surface area contributed by atoms with Crippen LogP contribution >= 0.6 is 0 Å². The second-order valence-electron chi connectivity index (χ2n) is 9.10. The number of benzene rings is 1. The molecule has 12 heteroatoms. The zero-order valence-electron chi connectivity index (χ0n) is 23.7. The molecule has 1 atom stereocenters. The molecule has 0 saturated carbocycles. The predicted octanol–water partition coefficient (Wildman–Crippen LogP) is 0.138. The first-order valence-electron chi connectivity index (χ1n) is 13.9. The first kappa shape index (κ1) is 32.4. The summed E-state index contributed by atoms with van der Waals surface area (Å²) >= 11 is 0. The van der Waals surface area contributed by atoms with Crippen molar-refractivity contribution in [3.63, 3.8) is 0 Å². The van der Waals surface area contributed by atoms with Gasteiger partial charge in [-0.05, 0) is 29.5 Å². The van der Waals surface area contributed by atoms with Crippen LogP contribution in [0.3, 0.4) is 0 Å². The van der Waals surface area contributed by atoms with Gasteiger partial charge in [0.15, 0.2) is 0 Å². The van der Waals surface area contributed by atoms with Gasteiger partial charge >= 0.3 is 5.97 Å². The number of carboxylic acid groups (broad SMARTS) is 1. The molecule has 0 aromatic heterocycles. The van der Waals surface area contributed by atoms with E-state index in [1.807, 2.05) is 25.4 Å². The van der Waals surface area contributed by atoms with E-state index in [0.717, 1.165) is 23.6 Å². The fraction of sp³-hybridized carbons (Fsp3) is 0.552. The SMILES string of the molecule is CC1=CNC(Nc2ccc3c(c2)=CCNC=3)C=C1OCCOCCOCCOCCOCCOCCOCC(=O)O. The number of fused-ring (bicyclic) bond motifs is 1. The van der Waals surface area contributed by atoms with Gasteiger partial charge < -0.3 is 54.2 Å². The summed E-state index contributed by atoms with van der Waals surface area (Å²) in [6.45, 7) is 7.74. The summed E-state index contributed by atoms with van der Waals surface area (Å²) in [7, 11) is 0. The lowest BCUT2D eigenvalue weighted by Crippen LogP contribution is -2.36. The standard InChI is InChI=1S/C29H43N3O9/c1-23-20-31-28(32-26-3-2-25-21-30-5-4-24(25)18-26)19-27(23)41-17-16-39-13-12-37-9-8-35-6-7-36-10-11-38-14-15-40-22-29(33)34/h2-4,18-21,28,30-32H,5-17,22H2,1H3,(H,33,34). The molecule has 0 spiro atoms. The topological polar surface area (TPSA) is 138 Å². The molecule has 12 nitrogen and oxygen atoms in total. The van der Waals surface area contributed by atoms with Crippen molar-refractivity contribution in [2.45, 2.75) is 13.1 Å². The molecule has 41 heavy (non-hydrogen) atoms. The number of dihydropyridines is 1. The molecule has 0 amide bonds. The van der Waals surface area contributed by atoms with Gasteiger partial charge in [0.2, 0.25) is 0 Å². The molecule has 2 aliphatic rings. The van der Waals surface area contributed by atoms with Gasteiger partial charge in [-0.2, -0.15) is 0 Å². The van der Waals surface area contributed by atoms with Gasteiger partial charge in [0.05, 0.1) is 72.7 Å². The van der Waals surface area contributed by atoms with Crippen LogP contribution in [0.25, 0.3) is 12.3 Å². The largest absolute Gasteiger partial charge is 0.491 e. The molecule has 1 unspecified atom stereocenters. The summed E-state index contributed by atoms with van der Waals surface area (Å²) < 4.78 is 38.0. The van der Waals surface area contributed by atoms with E-state index in [-0.39, 0.29) is 19.4 Å². The number of carbonyl (C=O) groups is 1. The Morgan fingerprint density at radius 2 is 1.41 bits per heavy atom. The van der Waals surface area contributed by atoms with E-state index < -0.39 is 5.97 Å². The number of rotatable bonds is 23. The van der Waals surface area contributed by atoms with Crippen molar-refractivity contribution in [2.75, 3.05) is 97.8 Å². The zero-order chi connectivity index (χ0) is 29.0. The molecule has 4 N–H and O–H groups in total. The summed E-state index contributed by atoms with van der Waals surface area (Å²) in [5.41, 5.74) is 2.07. The molecular weight excluding hydrogens is 534 g/mol. The van der Waals surface area contributed by atoms with Crippen molar-refractivity contribution in [3.05, 3.63) is 52.2 Å². The average molecular weight is 578 g/mol. The molecule has 2 aliphatic heterocycles. The molecule has 1 aromatic rings. The van der Waals surface area contributed by atoms with Crippen LogP contribution in [-0.4, -0.2) is 110 Å². The normalized spacial score (nSPS) is 15.8. The number of hydrogen-bond acceptors (Lipinski definition) is 11. The maximum atomic E-state index is 10.3. The van der Waals surface area contributed by atoms with Crippen LogP contribution in [0.5, 0.6) is 0 Å². The van der Waals surface area contributed by atoms with Crippen molar-refractivity contribution >= 4 is 23.9 Å². The summed E-state index contributed by atoms with van der Waals surface area (Å²) in [4.78, 5) is 10.3. The fourth-order valence-corrected chi connectivity index (χ4v) is 3.82. The van der Waals surface area contributed by atoms with E-state index in [1.165, 1.54) is 10.4 Å². The number of hydrogen-bond donors (Lipinski definition) is 4. The molecule has 228 valence electrons. The van der Waals surface area contributed by atoms with Gasteiger partial charge in [0.25, 0.3) is 0 Å². The van der Waals surface area contributed by atoms with E-state index >= 15 is 0 Å². The van der Waals surface area contributed by atoms with Crippen molar-refractivity contribution in [2.24, 2.45) is 0 Å². The summed E-state index contributed by atoms with van der Waals surface area (Å²) in [6, 6.07) is 6.32. The third-order valence-electron chi connectivity index (χ3n) is 5.86. The number of carboxylic acids is 1. The quantitative estimate of drug-likeness (QED) is 0.132. The van der Waals surface area contributed by atoms with Crippen molar-refractivity contribution in [3.8, 4) is 0 Å². The Labute approximate surface area is 240 Å². The van der Waals surface area contributed by atoms with Crippen LogP contribution in [0, 0.1) is 0 Å². The van der Waals surface area contributed by atoms with Gasteiger partial charge in [-0.1, -0.05) is 12.1 Å². The first-order chi connectivity index (χ1) is 20.1. The maximum Gasteiger partial charge on any atom is 0.329 e. The fourth-order valence-electron chi connectivity index (χ4n) is 3.82. The molecule has 1 aromatic carbocycles. The van der Waals surface area contributed by atoms with Crippen LogP contribution in [0.4, 0.5) is 5.69 Å². The highest BCUT2D eigenvalue weighted by Crippen LogP contribution is 2.16. The summed E-state index contributed by atoms with van der Waals surface area (Å²) in [5, 5.41) is 20.9. The number of nitrogens with one attached hydrogen (secondary N) is 3. The van der Waals surface area contributed by atoms with Crippen LogP contribution in [-0.2, 0) is 38.0 Å². The minimum Gasteiger partial charge on any atom is -0.491 e. The van der Waals surface area contributed by atoms with Gasteiger partial charge in [0, 0.05) is 36.3 Å². The monoisotopic (exact) mass is 577 g/mol. The van der Waals surface area contributed by atoms with E-state index in [1.54, 1.807) is 0 Å². The number of anilines is 1. The summed E-state index contributed by atoms with van der Waals surface area (Å²) in [6.07, 6.45) is 8.13. The predicted molar refractivity (Wildman–Crippen MR) is 154 cm³/mol. The van der Waals surface area contributed by atoms with Crippen LogP contribution in [0.15, 0.2) is 41.8 Å². The molecule has 3 rings (SSSR count). The number of allylic oxidation sites excluding steroid dienone is 1. The van der Waals surface area contributed by atoms with Gasteiger partial charge in [-0.15, -0.1) is 0 Å². The lowest BCUT2D eigenvalue weighted by molar-refractivity contribution is -0.142. The highest BCUT2D eigenvalue weighted by atomic mass is 16.6. The Morgan fingerprint density at radius 1 is 0.829 bits per heavy atom. The van der Waals surface area contributed by atoms with E-state index in [0.29, 0.717) is 72.7 Å². The van der Waals surface area contributed by atoms with Gasteiger partial charge in [0.1, 0.15) is 25.1 Å². The Morgan fingerprint density at radius 3 is 2.02 bits per heavy atom. The Bertz CT molecular complexity index is 1090. The second-order valence-corrected chi connectivity index (χ2v) is 9.10. The smallest absolute Gasteiger partial charge is 0.329 e. The average Bonchev–Trinajstić information content (AvgIpc) is 2.97. The van der Waals surface area contributed by atoms with Gasteiger partial charge in [-0.3, -0.25) is 0 Å². The van der Waals surface area contributed by atoms with Gasteiger partial charge in [-0.25, -0.2) is 4.79 Å². The third-order valence-corrected chi connectivity index (χ3v) is 5.86. The maximum absolute atomic E-state index is 10.3. The molecule has 0 saturated heterocycles. The number of aliphatic carboxylic acids is 1. The molecule has 0 bridgehead atoms. The second kappa shape index (κ2) is 19.9. The minimum atomic E-state index is -0.993. The number of ether oxygens (including phenoxy) is 7. The Kier molecular flexibility index (Phi) is 15.7. The third kappa shape index (κ3) is 13.9. The van der Waals surface area contributed by atoms with Crippen LogP contribution in [0.1, 0.15) is 6.92 Å². The van der Waals surface area contributed by atoms with E-state index in [9.17, 15) is 4.79 Å². The van der Waals surface area contributed by atoms with E-state index in [4.69, 9.17) is 38.3 Å². The zero-order valence-corrected chi connectivity index (χ0v) is 23.7. The molecule has 0 aliphatic carbocycles. The highest BCUT2D eigenvalue weighted by molar-refractivity contribution is 5.67. The van der Waals surface area contributed by atoms with Crippen molar-refractivity contribution in [1.82, 2.24) is 10.6 Å². The molecular formula is C29H43N3O9. The van der Waals surface area contributed by atoms with Crippen molar-refractivity contribution < 1.29 is 43.1 Å². The lowest BCUT2D eigenvalue weighted by Gasteiger charge is -2.24. The lowest BCUT2D eigenvalue weighted by atomic mass is 10.1. The molecule has 0 radical (unpaired) electrons. The van der Waals surface area contributed by atoms with Crippen LogP contribution < -0.4 is 26.4 Å². The van der Waals surface area contributed by atoms with E-state index in [2.05, 4.69) is 40.2 Å². The minimum absolute atomic E-state index is 0.0711. The Hall–Kier alpha value is -3.13. The Balaban J connectivity index is 1.12. The molecule has 0 fully saturated rings. The molecule has 2 heterocycles. The highest BCUT2D eigenvalue weighted by Gasteiger charge is 2.14.